The van der Waals surface area contributed by atoms with Crippen LogP contribution in [0.1, 0.15) is 29.7 Å². The van der Waals surface area contributed by atoms with Gasteiger partial charge in [-0.05, 0) is 35.2 Å². The third kappa shape index (κ3) is 23.6. The molecule has 0 saturated heterocycles. The minimum Gasteiger partial charge on any atom is -0.308 e. The molecule has 0 fully saturated rings. The fourth-order valence-corrected chi connectivity index (χ4v) is 0.853. The van der Waals surface area contributed by atoms with E-state index >= 15 is 0 Å². The molecule has 106 valence electrons. The minimum absolute atomic E-state index is 0. The van der Waals surface area contributed by atoms with Gasteiger partial charge in [0, 0.05) is 26.2 Å². The van der Waals surface area contributed by atoms with Crippen molar-refractivity contribution in [1.82, 2.24) is 14.7 Å². The van der Waals surface area contributed by atoms with E-state index in [1.54, 1.807) is 0 Å². The van der Waals surface area contributed by atoms with Crippen LogP contribution in [-0.2, 0) is 0 Å². The van der Waals surface area contributed by atoms with Crippen LogP contribution in [0.15, 0.2) is 0 Å². The predicted molar refractivity (Wildman–Crippen MR) is 81.5 cm³/mol. The lowest BCUT2D eigenvalue weighted by Crippen LogP contribution is -2.33. The van der Waals surface area contributed by atoms with Gasteiger partial charge in [-0.25, -0.2) is 0 Å². The van der Waals surface area contributed by atoms with E-state index in [4.69, 9.17) is 0 Å². The number of hydrogen-bond acceptors (Lipinski definition) is 3. The smallest absolute Gasteiger partial charge is 0.0107 e. The zero-order chi connectivity index (χ0) is 9.56. The number of nitrogens with zero attached hydrogens (tertiary/aromatic N) is 3. The topological polar surface area (TPSA) is 9.72 Å². The average Bonchev–Trinajstić information content (AvgIpc) is 1.96. The number of hydrogen-bond donors (Lipinski definition) is 0. The number of rotatable bonds is 6. The standard InChI is InChI=1S/C9H23N3.4CH4/c1-10(2)6-8-12(5)9-7-11(3)4;;;;/h6-9H2,1-5H3;4*1H4. The van der Waals surface area contributed by atoms with Crippen LogP contribution in [0.25, 0.3) is 0 Å². The van der Waals surface area contributed by atoms with Gasteiger partial charge in [-0.3, -0.25) is 0 Å². The van der Waals surface area contributed by atoms with E-state index in [2.05, 4.69) is 49.9 Å². The van der Waals surface area contributed by atoms with Gasteiger partial charge < -0.3 is 14.7 Å². The normalized spacial score (nSPS) is 9.00. The molecule has 0 amide bonds. The molecule has 0 atom stereocenters. The van der Waals surface area contributed by atoms with E-state index in [-0.39, 0.29) is 29.7 Å². The zero-order valence-corrected chi connectivity index (χ0v) is 9.17. The van der Waals surface area contributed by atoms with Crippen LogP contribution in [-0.4, -0.2) is 76.1 Å². The molecule has 0 saturated carbocycles. The molecular formula is C13H39N3. The average molecular weight is 237 g/mol. The van der Waals surface area contributed by atoms with Crippen molar-refractivity contribution in [2.75, 3.05) is 61.4 Å². The SMILES string of the molecule is C.C.C.C.CN(C)CCN(C)CCN(C)C. The summed E-state index contributed by atoms with van der Waals surface area (Å²) in [5, 5.41) is 0. The van der Waals surface area contributed by atoms with Gasteiger partial charge in [0.1, 0.15) is 0 Å². The molecule has 0 N–H and O–H groups in total. The zero-order valence-electron chi connectivity index (χ0n) is 9.17. The molecule has 0 heterocycles. The van der Waals surface area contributed by atoms with E-state index < -0.39 is 0 Å². The second-order valence-electron chi connectivity index (χ2n) is 3.91. The minimum atomic E-state index is 0. The summed E-state index contributed by atoms with van der Waals surface area (Å²) >= 11 is 0. The van der Waals surface area contributed by atoms with Crippen LogP contribution in [0.4, 0.5) is 0 Å². The molecule has 16 heavy (non-hydrogen) atoms. The molecule has 3 heteroatoms. The summed E-state index contributed by atoms with van der Waals surface area (Å²) in [6, 6.07) is 0. The Kier molecular flexibility index (Phi) is 32.1. The highest BCUT2D eigenvalue weighted by molar-refractivity contribution is 4.55. The van der Waals surface area contributed by atoms with Crippen molar-refractivity contribution in [3.05, 3.63) is 0 Å². The quantitative estimate of drug-likeness (QED) is 0.703. The molecule has 0 unspecified atom stereocenters. The maximum atomic E-state index is 2.36. The van der Waals surface area contributed by atoms with Crippen molar-refractivity contribution in [3.63, 3.8) is 0 Å². The lowest BCUT2D eigenvalue weighted by molar-refractivity contribution is 0.254. The molecule has 0 aliphatic carbocycles. The van der Waals surface area contributed by atoms with Crippen LogP contribution in [0, 0.1) is 0 Å². The van der Waals surface area contributed by atoms with Gasteiger partial charge in [0.2, 0.25) is 0 Å². The highest BCUT2D eigenvalue weighted by Gasteiger charge is 1.98. The largest absolute Gasteiger partial charge is 0.308 e. The van der Waals surface area contributed by atoms with E-state index in [9.17, 15) is 0 Å². The first-order valence-corrected chi connectivity index (χ1v) is 4.50. The highest BCUT2D eigenvalue weighted by Crippen LogP contribution is 1.84. The van der Waals surface area contributed by atoms with Gasteiger partial charge in [-0.2, -0.15) is 0 Å². The molecule has 0 aromatic rings. The summed E-state index contributed by atoms with van der Waals surface area (Å²) in [6.07, 6.45) is 0. The fourth-order valence-electron chi connectivity index (χ4n) is 0.853. The van der Waals surface area contributed by atoms with E-state index in [1.807, 2.05) is 0 Å². The summed E-state index contributed by atoms with van der Waals surface area (Å²) < 4.78 is 0. The third-order valence-electron chi connectivity index (χ3n) is 1.86. The van der Waals surface area contributed by atoms with Crippen LogP contribution in [0.2, 0.25) is 0 Å². The Morgan fingerprint density at radius 3 is 0.938 bits per heavy atom. The summed E-state index contributed by atoms with van der Waals surface area (Å²) in [4.78, 5) is 6.79. The molecule has 0 bridgehead atoms. The van der Waals surface area contributed by atoms with Crippen LogP contribution >= 0.6 is 0 Å². The first-order valence-electron chi connectivity index (χ1n) is 4.50. The highest BCUT2D eigenvalue weighted by atomic mass is 15.2. The van der Waals surface area contributed by atoms with Crippen molar-refractivity contribution in [2.24, 2.45) is 0 Å². The Hall–Kier alpha value is -0.120. The summed E-state index contributed by atoms with van der Waals surface area (Å²) in [5.41, 5.74) is 0. The van der Waals surface area contributed by atoms with E-state index in [0.717, 1.165) is 26.2 Å². The first kappa shape index (κ1) is 29.7. The molecule has 0 aliphatic rings. The van der Waals surface area contributed by atoms with Crippen molar-refractivity contribution in [3.8, 4) is 0 Å². The maximum absolute atomic E-state index is 2.36. The fraction of sp³-hybridized carbons (Fsp3) is 1.00. The van der Waals surface area contributed by atoms with Crippen molar-refractivity contribution >= 4 is 0 Å². The van der Waals surface area contributed by atoms with Gasteiger partial charge in [0.25, 0.3) is 0 Å². The van der Waals surface area contributed by atoms with Gasteiger partial charge in [0.05, 0.1) is 0 Å². The van der Waals surface area contributed by atoms with Gasteiger partial charge >= 0.3 is 0 Å². The number of likely N-dealkylation sites (N-methyl/N-ethyl adjacent to an activating group) is 3. The first-order chi connectivity index (χ1) is 5.52. The molecule has 0 aromatic carbocycles. The van der Waals surface area contributed by atoms with E-state index in [1.165, 1.54) is 0 Å². The monoisotopic (exact) mass is 237 g/mol. The third-order valence-corrected chi connectivity index (χ3v) is 1.86. The van der Waals surface area contributed by atoms with Gasteiger partial charge in [-0.1, -0.05) is 29.7 Å². The summed E-state index contributed by atoms with van der Waals surface area (Å²) in [6.45, 7) is 4.59. The summed E-state index contributed by atoms with van der Waals surface area (Å²) in [7, 11) is 10.6. The van der Waals surface area contributed by atoms with Crippen LogP contribution in [0.3, 0.4) is 0 Å². The molecule has 3 nitrogen and oxygen atoms in total. The molecule has 0 spiro atoms. The Labute approximate surface area is 106 Å². The summed E-state index contributed by atoms with van der Waals surface area (Å²) in [5.74, 6) is 0. The van der Waals surface area contributed by atoms with Crippen molar-refractivity contribution in [2.45, 2.75) is 29.7 Å². The van der Waals surface area contributed by atoms with E-state index in [0.29, 0.717) is 0 Å². The lowest BCUT2D eigenvalue weighted by atomic mass is 10.4. The van der Waals surface area contributed by atoms with Gasteiger partial charge in [-0.15, -0.1) is 0 Å². The maximum Gasteiger partial charge on any atom is 0.0107 e. The van der Waals surface area contributed by atoms with Crippen LogP contribution in [0.5, 0.6) is 0 Å². The molecule has 0 aromatic heterocycles. The second-order valence-corrected chi connectivity index (χ2v) is 3.91. The molecule has 0 aliphatic heterocycles. The van der Waals surface area contributed by atoms with Gasteiger partial charge in [0.15, 0.2) is 0 Å². The van der Waals surface area contributed by atoms with Crippen molar-refractivity contribution < 1.29 is 0 Å². The molecule has 0 rings (SSSR count). The Morgan fingerprint density at radius 2 is 0.750 bits per heavy atom. The molecule has 0 radical (unpaired) electrons. The second kappa shape index (κ2) is 17.3. The Morgan fingerprint density at radius 1 is 0.500 bits per heavy atom. The van der Waals surface area contributed by atoms with Crippen molar-refractivity contribution in [1.29, 1.82) is 0 Å². The lowest BCUT2D eigenvalue weighted by Gasteiger charge is -2.20. The van der Waals surface area contributed by atoms with Crippen LogP contribution < -0.4 is 0 Å². The Bertz CT molecular complexity index is 91.4. The Balaban J connectivity index is -0.000000101. The molecular weight excluding hydrogens is 198 g/mol. The predicted octanol–water partition coefficient (Wildman–Crippen LogP) is 2.59.